The summed E-state index contributed by atoms with van der Waals surface area (Å²) in [6, 6.07) is 7.89. The molecule has 0 atom stereocenters. The molecule has 2 aliphatic heterocycles. The van der Waals surface area contributed by atoms with Gasteiger partial charge in [-0.3, -0.25) is 9.69 Å². The first-order valence-corrected chi connectivity index (χ1v) is 11.1. The molecule has 0 aromatic heterocycles. The maximum Gasteiger partial charge on any atom is 0.219 e. The Hall–Kier alpha value is -1.55. The van der Waals surface area contributed by atoms with Crippen LogP contribution in [0.4, 0.5) is 0 Å². The Morgan fingerprint density at radius 3 is 2.52 bits per heavy atom. The van der Waals surface area contributed by atoms with Gasteiger partial charge in [-0.15, -0.1) is 0 Å². The van der Waals surface area contributed by atoms with Gasteiger partial charge in [-0.25, -0.2) is 0 Å². The molecule has 0 N–H and O–H groups in total. The molecule has 0 saturated carbocycles. The fraction of sp³-hybridized carbons (Fsp3) is 0.458. The third-order valence-corrected chi connectivity index (χ3v) is 6.56. The molecule has 2 aliphatic rings. The Balaban J connectivity index is 1.63. The summed E-state index contributed by atoms with van der Waals surface area (Å²) in [5.41, 5.74) is 2.56. The van der Waals surface area contributed by atoms with Gasteiger partial charge in [-0.1, -0.05) is 60.5 Å². The summed E-state index contributed by atoms with van der Waals surface area (Å²) in [4.78, 5) is 16.5. The lowest BCUT2D eigenvalue weighted by molar-refractivity contribution is -0.128. The van der Waals surface area contributed by atoms with Crippen molar-refractivity contribution in [2.45, 2.75) is 33.1 Å². The first kappa shape index (κ1) is 22.1. The largest absolute Gasteiger partial charge is 0.338 e. The Morgan fingerprint density at radius 1 is 1.21 bits per heavy atom. The van der Waals surface area contributed by atoms with Crippen LogP contribution in [0.5, 0.6) is 0 Å². The highest BCUT2D eigenvalue weighted by Gasteiger charge is 2.44. The molecule has 0 unspecified atom stereocenters. The van der Waals surface area contributed by atoms with Gasteiger partial charge >= 0.3 is 0 Å². The molecule has 0 radical (unpaired) electrons. The molecule has 0 aliphatic carbocycles. The maximum absolute atomic E-state index is 12.0. The lowest BCUT2D eigenvalue weighted by atomic mass is 9.74. The summed E-state index contributed by atoms with van der Waals surface area (Å²) in [5, 5.41) is 1.55. The first-order valence-electron chi connectivity index (χ1n) is 10.4. The van der Waals surface area contributed by atoms with E-state index in [4.69, 9.17) is 23.2 Å². The van der Waals surface area contributed by atoms with Crippen LogP contribution in [0.3, 0.4) is 0 Å². The second-order valence-corrected chi connectivity index (χ2v) is 8.95. The van der Waals surface area contributed by atoms with E-state index < -0.39 is 0 Å². The fourth-order valence-electron chi connectivity index (χ4n) is 4.29. The number of halogens is 2. The Labute approximate surface area is 184 Å². The van der Waals surface area contributed by atoms with Crippen LogP contribution >= 0.6 is 23.2 Å². The third kappa shape index (κ3) is 5.75. The summed E-state index contributed by atoms with van der Waals surface area (Å²) in [7, 11) is 0. The van der Waals surface area contributed by atoms with Crippen molar-refractivity contribution in [3.8, 4) is 0 Å². The van der Waals surface area contributed by atoms with E-state index in [0.29, 0.717) is 6.54 Å². The first-order chi connectivity index (χ1) is 13.9. The molecule has 29 heavy (non-hydrogen) atoms. The molecular weight excluding hydrogens is 403 g/mol. The summed E-state index contributed by atoms with van der Waals surface area (Å²) in [6.45, 7) is 8.27. The standard InChI is InChI=1S/C24H30Cl2N2O/c1-3-5-23(26)16-21-17-28(19(2)29)18-24(21)11-14-27(15-12-24)13-4-6-20-7-9-22(25)10-8-20/h4-10,16H,3,11-15,17-18H2,1-2H3/b6-4+,21-16+,23-5+. The van der Waals surface area contributed by atoms with Crippen molar-refractivity contribution in [1.82, 2.24) is 9.80 Å². The number of carbonyl (C=O) groups excluding carboxylic acids is 1. The van der Waals surface area contributed by atoms with Crippen molar-refractivity contribution >= 4 is 35.2 Å². The normalized spacial score (nSPS) is 21.6. The Bertz CT molecular complexity index is 803. The highest BCUT2D eigenvalue weighted by atomic mass is 35.5. The number of likely N-dealkylation sites (tertiary alicyclic amines) is 2. The summed E-state index contributed by atoms with van der Waals surface area (Å²) < 4.78 is 0. The Kier molecular flexibility index (Phi) is 7.61. The summed E-state index contributed by atoms with van der Waals surface area (Å²) in [5.74, 6) is 0.150. The van der Waals surface area contributed by atoms with Gasteiger partial charge in [-0.05, 0) is 61.7 Å². The van der Waals surface area contributed by atoms with Crippen molar-refractivity contribution in [2.75, 3.05) is 32.7 Å². The SMILES string of the molecule is CC/C=C(Cl)\C=C1/CN(C(C)=O)CC12CCN(C/C=C/c1ccc(Cl)cc1)CC2. The van der Waals surface area contributed by atoms with E-state index >= 15 is 0 Å². The van der Waals surface area contributed by atoms with Crippen LogP contribution in [0.1, 0.15) is 38.7 Å². The lowest BCUT2D eigenvalue weighted by Crippen LogP contribution is -2.42. The number of piperidine rings is 1. The molecule has 1 amide bonds. The predicted octanol–water partition coefficient (Wildman–Crippen LogP) is 5.76. The van der Waals surface area contributed by atoms with E-state index in [2.05, 4.69) is 30.1 Å². The summed E-state index contributed by atoms with van der Waals surface area (Å²) >= 11 is 12.4. The van der Waals surface area contributed by atoms with Crippen molar-refractivity contribution in [3.05, 3.63) is 63.7 Å². The average Bonchev–Trinajstić information content (AvgIpc) is 3.03. The number of hydrogen-bond donors (Lipinski definition) is 0. The average molecular weight is 433 g/mol. The van der Waals surface area contributed by atoms with Gasteiger partial charge in [0.25, 0.3) is 0 Å². The number of nitrogens with zero attached hydrogens (tertiary/aromatic N) is 2. The predicted molar refractivity (Wildman–Crippen MR) is 123 cm³/mol. The highest BCUT2D eigenvalue weighted by molar-refractivity contribution is 6.31. The molecule has 2 heterocycles. The number of hydrogen-bond acceptors (Lipinski definition) is 2. The number of benzene rings is 1. The molecule has 3 nitrogen and oxygen atoms in total. The van der Waals surface area contributed by atoms with Gasteiger partial charge in [0, 0.05) is 42.0 Å². The number of carbonyl (C=O) groups is 1. The molecule has 2 fully saturated rings. The molecule has 1 aromatic rings. The second kappa shape index (κ2) is 9.97. The van der Waals surface area contributed by atoms with Crippen LogP contribution in [0.25, 0.3) is 6.08 Å². The van der Waals surface area contributed by atoms with E-state index in [-0.39, 0.29) is 11.3 Å². The number of rotatable bonds is 5. The summed E-state index contributed by atoms with van der Waals surface area (Å²) in [6.07, 6.45) is 11.6. The molecule has 1 aromatic carbocycles. The minimum absolute atomic E-state index is 0.0732. The number of amides is 1. The molecule has 1 spiro atoms. The molecule has 156 valence electrons. The van der Waals surface area contributed by atoms with Gasteiger partial charge in [-0.2, -0.15) is 0 Å². The van der Waals surface area contributed by atoms with Crippen LogP contribution < -0.4 is 0 Å². The van der Waals surface area contributed by atoms with E-state index in [1.807, 2.05) is 35.2 Å². The quantitative estimate of drug-likeness (QED) is 0.590. The van der Waals surface area contributed by atoms with Gasteiger partial charge in [0.1, 0.15) is 0 Å². The van der Waals surface area contributed by atoms with Crippen LogP contribution in [0.15, 0.2) is 53.1 Å². The minimum atomic E-state index is 0.0732. The third-order valence-electron chi connectivity index (χ3n) is 6.05. The highest BCUT2D eigenvalue weighted by Crippen LogP contribution is 2.45. The zero-order chi connectivity index (χ0) is 20.9. The van der Waals surface area contributed by atoms with Gasteiger partial charge in [0.2, 0.25) is 5.91 Å². The van der Waals surface area contributed by atoms with E-state index in [9.17, 15) is 4.79 Å². The van der Waals surface area contributed by atoms with E-state index in [1.165, 1.54) is 11.1 Å². The van der Waals surface area contributed by atoms with E-state index in [0.717, 1.165) is 55.5 Å². The number of allylic oxidation sites excluding steroid dienone is 3. The van der Waals surface area contributed by atoms with Crippen molar-refractivity contribution < 1.29 is 4.79 Å². The van der Waals surface area contributed by atoms with Crippen LogP contribution in [0, 0.1) is 5.41 Å². The topological polar surface area (TPSA) is 23.6 Å². The lowest BCUT2D eigenvalue weighted by Gasteiger charge is -2.39. The van der Waals surface area contributed by atoms with Crippen LogP contribution in [0.2, 0.25) is 5.02 Å². The van der Waals surface area contributed by atoms with Crippen molar-refractivity contribution in [3.63, 3.8) is 0 Å². The molecule has 2 saturated heterocycles. The van der Waals surface area contributed by atoms with Crippen molar-refractivity contribution in [2.24, 2.45) is 5.41 Å². The smallest absolute Gasteiger partial charge is 0.219 e. The van der Waals surface area contributed by atoms with Gasteiger partial charge < -0.3 is 4.90 Å². The molecule has 0 bridgehead atoms. The zero-order valence-electron chi connectivity index (χ0n) is 17.3. The van der Waals surface area contributed by atoms with Crippen molar-refractivity contribution in [1.29, 1.82) is 0 Å². The monoisotopic (exact) mass is 432 g/mol. The van der Waals surface area contributed by atoms with E-state index in [1.54, 1.807) is 6.92 Å². The maximum atomic E-state index is 12.0. The van der Waals surface area contributed by atoms with Crippen LogP contribution in [-0.2, 0) is 4.79 Å². The zero-order valence-corrected chi connectivity index (χ0v) is 18.8. The van der Waals surface area contributed by atoms with Gasteiger partial charge in [0.15, 0.2) is 0 Å². The van der Waals surface area contributed by atoms with Gasteiger partial charge in [0.05, 0.1) is 0 Å². The Morgan fingerprint density at radius 2 is 1.90 bits per heavy atom. The second-order valence-electron chi connectivity index (χ2n) is 8.08. The molecule has 3 rings (SSSR count). The molecular formula is C24H30Cl2N2O. The minimum Gasteiger partial charge on any atom is -0.338 e. The van der Waals surface area contributed by atoms with Crippen LogP contribution in [-0.4, -0.2) is 48.4 Å². The fourth-order valence-corrected chi connectivity index (χ4v) is 4.70. The molecule has 5 heteroatoms.